The molecule has 0 bridgehead atoms. The minimum atomic E-state index is -0.0863. The van der Waals surface area contributed by atoms with Gasteiger partial charge in [0.05, 0.1) is 11.7 Å². The Morgan fingerprint density at radius 3 is 3.00 bits per heavy atom. The van der Waals surface area contributed by atoms with E-state index in [1.807, 2.05) is 24.7 Å². The Hall–Kier alpha value is -1.76. The molecular weight excluding hydrogens is 274 g/mol. The topological polar surface area (TPSA) is 72.7 Å². The number of hydrogen-bond acceptors (Lipinski definition) is 5. The first-order valence-corrected chi connectivity index (χ1v) is 7.57. The molecular formula is C13H17N5OS. The van der Waals surface area contributed by atoms with E-state index < -0.39 is 0 Å². The minimum absolute atomic E-state index is 0.0192. The molecule has 1 aliphatic carbocycles. The lowest BCUT2D eigenvalue weighted by Crippen LogP contribution is -2.31. The zero-order chi connectivity index (χ0) is 14.1. The highest BCUT2D eigenvalue weighted by atomic mass is 32.1. The van der Waals surface area contributed by atoms with Gasteiger partial charge in [0, 0.05) is 19.4 Å². The molecule has 7 heteroatoms. The fourth-order valence-corrected chi connectivity index (χ4v) is 2.97. The van der Waals surface area contributed by atoms with Crippen LogP contribution < -0.4 is 5.32 Å². The van der Waals surface area contributed by atoms with Crippen LogP contribution in [0.4, 0.5) is 0 Å². The predicted octanol–water partition coefficient (Wildman–Crippen LogP) is 1.72. The van der Waals surface area contributed by atoms with Gasteiger partial charge in [-0.3, -0.25) is 4.79 Å². The quantitative estimate of drug-likeness (QED) is 0.910. The van der Waals surface area contributed by atoms with Crippen molar-refractivity contribution in [2.24, 2.45) is 13.0 Å². The van der Waals surface area contributed by atoms with E-state index >= 15 is 0 Å². The standard InChI is InChI=1S/C13H17N5OS/c1-3-9-11(20-17-16-9)13(19)15-10(8-4-5-8)12-14-6-7-18(12)2/h6-8,10H,3-5H2,1-2H3,(H,15,19)/t10-/m1/s1. The largest absolute Gasteiger partial charge is 0.341 e. The number of aryl methyl sites for hydroxylation is 2. The fraction of sp³-hybridized carbons (Fsp3) is 0.538. The molecule has 2 aromatic heterocycles. The van der Waals surface area contributed by atoms with Crippen LogP contribution >= 0.6 is 11.5 Å². The second kappa shape index (κ2) is 5.32. The molecule has 2 aromatic rings. The molecule has 1 aliphatic rings. The summed E-state index contributed by atoms with van der Waals surface area (Å²) in [7, 11) is 1.95. The van der Waals surface area contributed by atoms with Crippen LogP contribution in [0.3, 0.4) is 0 Å². The third-order valence-electron chi connectivity index (χ3n) is 3.61. The van der Waals surface area contributed by atoms with Crippen molar-refractivity contribution >= 4 is 17.4 Å². The molecule has 1 fully saturated rings. The van der Waals surface area contributed by atoms with Crippen LogP contribution in [0.15, 0.2) is 12.4 Å². The Bertz CT molecular complexity index is 616. The van der Waals surface area contributed by atoms with Gasteiger partial charge in [0.25, 0.3) is 5.91 Å². The van der Waals surface area contributed by atoms with E-state index in [4.69, 9.17) is 0 Å². The van der Waals surface area contributed by atoms with Crippen molar-refractivity contribution in [1.29, 1.82) is 0 Å². The number of rotatable bonds is 5. The number of carbonyl (C=O) groups excluding carboxylic acids is 1. The molecule has 0 saturated heterocycles. The van der Waals surface area contributed by atoms with Crippen LogP contribution in [0.2, 0.25) is 0 Å². The predicted molar refractivity (Wildman–Crippen MR) is 75.4 cm³/mol. The SMILES string of the molecule is CCc1nnsc1C(=O)N[C@@H](c1nccn1C)C1CC1. The summed E-state index contributed by atoms with van der Waals surface area (Å²) >= 11 is 1.16. The van der Waals surface area contributed by atoms with Crippen molar-refractivity contribution in [3.63, 3.8) is 0 Å². The van der Waals surface area contributed by atoms with Crippen molar-refractivity contribution in [3.8, 4) is 0 Å². The minimum Gasteiger partial charge on any atom is -0.341 e. The number of aromatic nitrogens is 4. The molecule has 1 saturated carbocycles. The van der Waals surface area contributed by atoms with E-state index in [0.717, 1.165) is 42.3 Å². The lowest BCUT2D eigenvalue weighted by atomic mass is 10.1. The average molecular weight is 291 g/mol. The van der Waals surface area contributed by atoms with Crippen LogP contribution in [0.5, 0.6) is 0 Å². The van der Waals surface area contributed by atoms with E-state index in [0.29, 0.717) is 10.8 Å². The van der Waals surface area contributed by atoms with Gasteiger partial charge in [-0.15, -0.1) is 5.10 Å². The first-order valence-electron chi connectivity index (χ1n) is 6.80. The summed E-state index contributed by atoms with van der Waals surface area (Å²) in [5.41, 5.74) is 0.766. The van der Waals surface area contributed by atoms with E-state index in [1.165, 1.54) is 0 Å². The maximum Gasteiger partial charge on any atom is 0.265 e. The number of nitrogens with zero attached hydrogens (tertiary/aromatic N) is 4. The van der Waals surface area contributed by atoms with Gasteiger partial charge >= 0.3 is 0 Å². The van der Waals surface area contributed by atoms with E-state index in [1.54, 1.807) is 6.20 Å². The summed E-state index contributed by atoms with van der Waals surface area (Å²) in [6.45, 7) is 1.98. The van der Waals surface area contributed by atoms with Gasteiger partial charge in [-0.25, -0.2) is 4.98 Å². The molecule has 0 unspecified atom stereocenters. The number of imidazole rings is 1. The summed E-state index contributed by atoms with van der Waals surface area (Å²) in [5, 5.41) is 7.10. The molecule has 106 valence electrons. The first-order chi connectivity index (χ1) is 9.70. The normalized spacial score (nSPS) is 16.1. The number of hydrogen-bond donors (Lipinski definition) is 1. The number of amides is 1. The second-order valence-corrected chi connectivity index (χ2v) is 5.84. The summed E-state index contributed by atoms with van der Waals surface area (Å²) in [6.07, 6.45) is 6.67. The van der Waals surface area contributed by atoms with Crippen LogP contribution in [-0.2, 0) is 13.5 Å². The molecule has 0 spiro atoms. The van der Waals surface area contributed by atoms with Crippen LogP contribution in [0, 0.1) is 5.92 Å². The van der Waals surface area contributed by atoms with Gasteiger partial charge < -0.3 is 9.88 Å². The van der Waals surface area contributed by atoms with Crippen LogP contribution in [0.1, 0.15) is 47.0 Å². The first kappa shape index (κ1) is 13.2. The smallest absolute Gasteiger partial charge is 0.265 e. The lowest BCUT2D eigenvalue weighted by molar-refractivity contribution is 0.0932. The van der Waals surface area contributed by atoms with Crippen molar-refractivity contribution in [1.82, 2.24) is 24.5 Å². The zero-order valence-electron chi connectivity index (χ0n) is 11.5. The highest BCUT2D eigenvalue weighted by Crippen LogP contribution is 2.40. The van der Waals surface area contributed by atoms with Gasteiger partial charge in [0.15, 0.2) is 0 Å². The molecule has 2 heterocycles. The molecule has 1 N–H and O–H groups in total. The third-order valence-corrected chi connectivity index (χ3v) is 4.38. The molecule has 0 aliphatic heterocycles. The van der Waals surface area contributed by atoms with Gasteiger partial charge in [-0.05, 0) is 36.7 Å². The molecule has 0 aromatic carbocycles. The molecule has 20 heavy (non-hydrogen) atoms. The Kier molecular flexibility index (Phi) is 3.52. The van der Waals surface area contributed by atoms with Crippen molar-refractivity contribution in [3.05, 3.63) is 28.8 Å². The Labute approximate surface area is 121 Å². The fourth-order valence-electron chi connectivity index (χ4n) is 2.32. The molecule has 1 amide bonds. The Morgan fingerprint density at radius 1 is 1.60 bits per heavy atom. The average Bonchev–Trinajstić information content (AvgIpc) is 3.01. The van der Waals surface area contributed by atoms with Crippen molar-refractivity contribution in [2.45, 2.75) is 32.2 Å². The van der Waals surface area contributed by atoms with Gasteiger partial charge in [0.2, 0.25) is 0 Å². The summed E-state index contributed by atoms with van der Waals surface area (Å²) in [5.74, 6) is 1.32. The molecule has 0 radical (unpaired) electrons. The number of nitrogens with one attached hydrogen (secondary N) is 1. The monoisotopic (exact) mass is 291 g/mol. The van der Waals surface area contributed by atoms with Crippen LogP contribution in [0.25, 0.3) is 0 Å². The number of carbonyl (C=O) groups is 1. The van der Waals surface area contributed by atoms with E-state index in [2.05, 4.69) is 19.9 Å². The highest BCUT2D eigenvalue weighted by Gasteiger charge is 2.36. The summed E-state index contributed by atoms with van der Waals surface area (Å²) in [4.78, 5) is 17.4. The van der Waals surface area contributed by atoms with E-state index in [9.17, 15) is 4.79 Å². The maximum atomic E-state index is 12.4. The van der Waals surface area contributed by atoms with Crippen molar-refractivity contribution in [2.75, 3.05) is 0 Å². The summed E-state index contributed by atoms with van der Waals surface area (Å²) in [6, 6.07) is -0.0192. The highest BCUT2D eigenvalue weighted by molar-refractivity contribution is 7.08. The lowest BCUT2D eigenvalue weighted by Gasteiger charge is -2.17. The second-order valence-electron chi connectivity index (χ2n) is 5.09. The van der Waals surface area contributed by atoms with Gasteiger partial charge in [-0.2, -0.15) is 0 Å². The van der Waals surface area contributed by atoms with Gasteiger partial charge in [0.1, 0.15) is 10.7 Å². The summed E-state index contributed by atoms with van der Waals surface area (Å²) < 4.78 is 5.84. The molecule has 3 rings (SSSR count). The van der Waals surface area contributed by atoms with E-state index in [-0.39, 0.29) is 11.9 Å². The Morgan fingerprint density at radius 2 is 2.40 bits per heavy atom. The maximum absolute atomic E-state index is 12.4. The third kappa shape index (κ3) is 2.45. The zero-order valence-corrected chi connectivity index (χ0v) is 12.4. The van der Waals surface area contributed by atoms with Crippen LogP contribution in [-0.4, -0.2) is 25.0 Å². The van der Waals surface area contributed by atoms with Gasteiger partial charge in [-0.1, -0.05) is 11.4 Å². The van der Waals surface area contributed by atoms with Crippen molar-refractivity contribution < 1.29 is 4.79 Å². The molecule has 1 atom stereocenters. The Balaban J connectivity index is 1.81. The molecule has 6 nitrogen and oxygen atoms in total.